The van der Waals surface area contributed by atoms with Crippen LogP contribution in [0.15, 0.2) is 0 Å². The summed E-state index contributed by atoms with van der Waals surface area (Å²) < 4.78 is 0. The van der Waals surface area contributed by atoms with E-state index in [0.29, 0.717) is 6.54 Å². The standard InChI is InChI=1S/C12H19NO2/c1-2-3-8-13-9-10-6-4-5-7-11(10)12(14)15/h10-11,13H,4-9H2,1H3,(H,14,15). The van der Waals surface area contributed by atoms with Gasteiger partial charge in [0, 0.05) is 0 Å². The van der Waals surface area contributed by atoms with Crippen LogP contribution in [0.5, 0.6) is 0 Å². The summed E-state index contributed by atoms with van der Waals surface area (Å²) in [5, 5.41) is 12.3. The van der Waals surface area contributed by atoms with E-state index in [0.717, 1.165) is 32.2 Å². The number of carboxylic acid groups (broad SMARTS) is 1. The Kier molecular flexibility index (Phi) is 5.20. The van der Waals surface area contributed by atoms with Gasteiger partial charge in [0.05, 0.1) is 12.5 Å². The van der Waals surface area contributed by atoms with Crippen molar-refractivity contribution >= 4 is 5.97 Å². The molecule has 0 radical (unpaired) electrons. The number of hydrogen-bond donors (Lipinski definition) is 2. The lowest BCUT2D eigenvalue weighted by Crippen LogP contribution is -2.34. The van der Waals surface area contributed by atoms with Gasteiger partial charge in [0.1, 0.15) is 0 Å². The van der Waals surface area contributed by atoms with Crippen molar-refractivity contribution in [3.8, 4) is 11.8 Å². The van der Waals surface area contributed by atoms with Crippen molar-refractivity contribution < 1.29 is 9.90 Å². The molecule has 0 aromatic rings. The lowest BCUT2D eigenvalue weighted by Gasteiger charge is -2.28. The first kappa shape index (κ1) is 12.1. The molecule has 15 heavy (non-hydrogen) atoms. The minimum Gasteiger partial charge on any atom is -0.481 e. The maximum Gasteiger partial charge on any atom is 0.306 e. The van der Waals surface area contributed by atoms with Gasteiger partial charge in [0.25, 0.3) is 0 Å². The molecule has 0 amide bonds. The van der Waals surface area contributed by atoms with Crippen LogP contribution < -0.4 is 5.32 Å². The van der Waals surface area contributed by atoms with Crippen molar-refractivity contribution in [2.24, 2.45) is 11.8 Å². The molecule has 0 aromatic heterocycles. The van der Waals surface area contributed by atoms with E-state index in [-0.39, 0.29) is 11.8 Å². The van der Waals surface area contributed by atoms with E-state index in [4.69, 9.17) is 5.11 Å². The topological polar surface area (TPSA) is 49.3 Å². The van der Waals surface area contributed by atoms with Gasteiger partial charge >= 0.3 is 5.97 Å². The molecule has 84 valence electrons. The van der Waals surface area contributed by atoms with E-state index < -0.39 is 5.97 Å². The van der Waals surface area contributed by atoms with Gasteiger partial charge in [-0.2, -0.15) is 0 Å². The summed E-state index contributed by atoms with van der Waals surface area (Å²) in [6.45, 7) is 3.26. The zero-order valence-electron chi connectivity index (χ0n) is 9.25. The van der Waals surface area contributed by atoms with Crippen molar-refractivity contribution in [3.63, 3.8) is 0 Å². The average molecular weight is 209 g/mol. The molecule has 3 heteroatoms. The highest BCUT2D eigenvalue weighted by molar-refractivity contribution is 5.70. The molecule has 0 saturated heterocycles. The van der Waals surface area contributed by atoms with E-state index in [9.17, 15) is 4.79 Å². The molecule has 1 aliphatic carbocycles. The van der Waals surface area contributed by atoms with Crippen molar-refractivity contribution in [2.75, 3.05) is 13.1 Å². The van der Waals surface area contributed by atoms with Crippen molar-refractivity contribution in [3.05, 3.63) is 0 Å². The third-order valence-electron chi connectivity index (χ3n) is 3.02. The Balaban J connectivity index is 2.34. The molecule has 3 nitrogen and oxygen atoms in total. The predicted molar refractivity (Wildman–Crippen MR) is 59.4 cm³/mol. The molecule has 2 N–H and O–H groups in total. The maximum atomic E-state index is 11.0. The molecular formula is C12H19NO2. The minimum absolute atomic E-state index is 0.152. The summed E-state index contributed by atoms with van der Waals surface area (Å²) in [4.78, 5) is 11.0. The Bertz CT molecular complexity index is 265. The number of rotatable bonds is 4. The zero-order valence-corrected chi connectivity index (χ0v) is 9.25. The SMILES string of the molecule is CC#CCNCC1CCCCC1C(=O)O. The van der Waals surface area contributed by atoms with Crippen LogP contribution >= 0.6 is 0 Å². The molecule has 2 unspecified atom stereocenters. The normalized spacial score (nSPS) is 25.4. The van der Waals surface area contributed by atoms with Gasteiger partial charge < -0.3 is 10.4 Å². The fourth-order valence-corrected chi connectivity index (χ4v) is 2.19. The molecule has 1 aliphatic rings. The average Bonchev–Trinajstić information content (AvgIpc) is 2.25. The zero-order chi connectivity index (χ0) is 11.1. The third kappa shape index (κ3) is 3.93. The summed E-state index contributed by atoms with van der Waals surface area (Å²) in [7, 11) is 0. The molecule has 2 atom stereocenters. The summed E-state index contributed by atoms with van der Waals surface area (Å²) >= 11 is 0. The molecule has 1 saturated carbocycles. The Labute approximate surface area is 91.3 Å². The van der Waals surface area contributed by atoms with Gasteiger partial charge in [-0.1, -0.05) is 18.8 Å². The summed E-state index contributed by atoms with van der Waals surface area (Å²) in [6, 6.07) is 0. The van der Waals surface area contributed by atoms with Crippen LogP contribution in [0.1, 0.15) is 32.6 Å². The first-order valence-corrected chi connectivity index (χ1v) is 5.59. The van der Waals surface area contributed by atoms with Gasteiger partial charge in [0.15, 0.2) is 0 Å². The molecule has 0 bridgehead atoms. The third-order valence-corrected chi connectivity index (χ3v) is 3.02. The number of carbonyl (C=O) groups is 1. The number of aliphatic carboxylic acids is 1. The smallest absolute Gasteiger partial charge is 0.306 e. The highest BCUT2D eigenvalue weighted by atomic mass is 16.4. The molecule has 1 fully saturated rings. The fourth-order valence-electron chi connectivity index (χ4n) is 2.19. The second kappa shape index (κ2) is 6.47. The van der Waals surface area contributed by atoms with Crippen LogP contribution in [-0.4, -0.2) is 24.2 Å². The van der Waals surface area contributed by atoms with E-state index in [1.54, 1.807) is 0 Å². The monoisotopic (exact) mass is 209 g/mol. The van der Waals surface area contributed by atoms with E-state index in [2.05, 4.69) is 17.2 Å². The Morgan fingerprint density at radius 2 is 2.20 bits per heavy atom. The number of carboxylic acids is 1. The lowest BCUT2D eigenvalue weighted by molar-refractivity contribution is -0.144. The second-order valence-electron chi connectivity index (χ2n) is 4.05. The van der Waals surface area contributed by atoms with Crippen LogP contribution in [0, 0.1) is 23.7 Å². The van der Waals surface area contributed by atoms with Gasteiger partial charge in [-0.3, -0.25) is 4.79 Å². The Morgan fingerprint density at radius 3 is 2.87 bits per heavy atom. The van der Waals surface area contributed by atoms with E-state index >= 15 is 0 Å². The largest absolute Gasteiger partial charge is 0.481 e. The van der Waals surface area contributed by atoms with Gasteiger partial charge in [-0.05, 0) is 32.2 Å². The number of nitrogens with one attached hydrogen (secondary N) is 1. The molecule has 0 aliphatic heterocycles. The minimum atomic E-state index is -0.636. The summed E-state index contributed by atoms with van der Waals surface area (Å²) in [6.07, 6.45) is 4.09. The van der Waals surface area contributed by atoms with Crippen molar-refractivity contribution in [1.29, 1.82) is 0 Å². The highest BCUT2D eigenvalue weighted by Gasteiger charge is 2.29. The second-order valence-corrected chi connectivity index (χ2v) is 4.05. The number of hydrogen-bond acceptors (Lipinski definition) is 2. The van der Waals surface area contributed by atoms with Crippen LogP contribution in [0.25, 0.3) is 0 Å². The van der Waals surface area contributed by atoms with Gasteiger partial charge in [-0.15, -0.1) is 5.92 Å². The molecular weight excluding hydrogens is 190 g/mol. The summed E-state index contributed by atoms with van der Waals surface area (Å²) in [5.41, 5.74) is 0. The van der Waals surface area contributed by atoms with E-state index in [1.807, 2.05) is 6.92 Å². The Morgan fingerprint density at radius 1 is 1.47 bits per heavy atom. The quantitative estimate of drug-likeness (QED) is 0.545. The van der Waals surface area contributed by atoms with Crippen LogP contribution in [0.2, 0.25) is 0 Å². The van der Waals surface area contributed by atoms with Crippen LogP contribution in [-0.2, 0) is 4.79 Å². The lowest BCUT2D eigenvalue weighted by atomic mass is 9.79. The van der Waals surface area contributed by atoms with Gasteiger partial charge in [0.2, 0.25) is 0 Å². The Hall–Kier alpha value is -1.01. The first-order valence-electron chi connectivity index (χ1n) is 5.59. The molecule has 0 heterocycles. The highest BCUT2D eigenvalue weighted by Crippen LogP contribution is 2.29. The van der Waals surface area contributed by atoms with Gasteiger partial charge in [-0.25, -0.2) is 0 Å². The fraction of sp³-hybridized carbons (Fsp3) is 0.750. The van der Waals surface area contributed by atoms with Crippen molar-refractivity contribution in [2.45, 2.75) is 32.6 Å². The molecule has 1 rings (SSSR count). The van der Waals surface area contributed by atoms with E-state index in [1.165, 1.54) is 0 Å². The van der Waals surface area contributed by atoms with Crippen LogP contribution in [0.3, 0.4) is 0 Å². The molecule has 0 aromatic carbocycles. The molecule has 0 spiro atoms. The maximum absolute atomic E-state index is 11.0. The van der Waals surface area contributed by atoms with Crippen molar-refractivity contribution in [1.82, 2.24) is 5.32 Å². The van der Waals surface area contributed by atoms with Crippen LogP contribution in [0.4, 0.5) is 0 Å². The first-order chi connectivity index (χ1) is 7.25. The predicted octanol–water partition coefficient (Wildman–Crippen LogP) is 1.49. The summed E-state index contributed by atoms with van der Waals surface area (Å²) in [5.74, 6) is 5.23.